The fourth-order valence-corrected chi connectivity index (χ4v) is 3.28. The highest BCUT2D eigenvalue weighted by Crippen LogP contribution is 2.32. The number of aromatic amines is 1. The molecule has 0 bridgehead atoms. The van der Waals surface area contributed by atoms with E-state index >= 15 is 0 Å². The van der Waals surface area contributed by atoms with Crippen molar-refractivity contribution >= 4 is 52.1 Å². The SMILES string of the molecule is Cl.Nc1ccc(-c2ccc3c(NC(=O)c4ccsc4)n[nH]c3c2F)cc1F. The van der Waals surface area contributed by atoms with Gasteiger partial charge < -0.3 is 11.1 Å². The Bertz CT molecular complexity index is 1130. The Morgan fingerprint density at radius 2 is 2.00 bits per heavy atom. The Morgan fingerprint density at radius 1 is 1.19 bits per heavy atom. The molecule has 0 radical (unpaired) electrons. The lowest BCUT2D eigenvalue weighted by Crippen LogP contribution is -2.11. The van der Waals surface area contributed by atoms with Crippen LogP contribution in [0.25, 0.3) is 22.0 Å². The Balaban J connectivity index is 0.00000210. The van der Waals surface area contributed by atoms with Gasteiger partial charge in [-0.1, -0.05) is 12.1 Å². The van der Waals surface area contributed by atoms with Crippen molar-refractivity contribution in [2.75, 3.05) is 11.1 Å². The van der Waals surface area contributed by atoms with Crippen LogP contribution in [0.1, 0.15) is 10.4 Å². The van der Waals surface area contributed by atoms with Gasteiger partial charge in [0.2, 0.25) is 0 Å². The number of nitrogens with two attached hydrogens (primary N) is 1. The van der Waals surface area contributed by atoms with E-state index in [1.807, 2.05) is 0 Å². The molecule has 0 aliphatic rings. The van der Waals surface area contributed by atoms with Gasteiger partial charge in [0.1, 0.15) is 11.3 Å². The summed E-state index contributed by atoms with van der Waals surface area (Å²) >= 11 is 1.40. The maximum Gasteiger partial charge on any atom is 0.257 e. The lowest BCUT2D eigenvalue weighted by Gasteiger charge is -2.06. The van der Waals surface area contributed by atoms with E-state index in [0.29, 0.717) is 16.5 Å². The topological polar surface area (TPSA) is 83.8 Å². The maximum atomic E-state index is 14.9. The molecule has 2 aromatic heterocycles. The molecule has 2 heterocycles. The molecule has 4 N–H and O–H groups in total. The first-order chi connectivity index (χ1) is 12.5. The van der Waals surface area contributed by atoms with Crippen LogP contribution >= 0.6 is 23.7 Å². The van der Waals surface area contributed by atoms with Gasteiger partial charge in [-0.15, -0.1) is 12.4 Å². The van der Waals surface area contributed by atoms with Crippen molar-refractivity contribution in [3.63, 3.8) is 0 Å². The molecule has 2 aromatic carbocycles. The summed E-state index contributed by atoms with van der Waals surface area (Å²) in [4.78, 5) is 12.2. The predicted molar refractivity (Wildman–Crippen MR) is 105 cm³/mol. The molecule has 4 rings (SSSR count). The molecule has 138 valence electrons. The zero-order valence-electron chi connectivity index (χ0n) is 13.6. The number of rotatable bonds is 3. The quantitative estimate of drug-likeness (QED) is 0.426. The van der Waals surface area contributed by atoms with Crippen LogP contribution in [0, 0.1) is 11.6 Å². The van der Waals surface area contributed by atoms with Gasteiger partial charge in [0.15, 0.2) is 11.6 Å². The van der Waals surface area contributed by atoms with Crippen molar-refractivity contribution in [1.82, 2.24) is 10.2 Å². The molecule has 4 aromatic rings. The van der Waals surface area contributed by atoms with Crippen molar-refractivity contribution < 1.29 is 13.6 Å². The van der Waals surface area contributed by atoms with Crippen molar-refractivity contribution in [3.8, 4) is 11.1 Å². The lowest BCUT2D eigenvalue weighted by atomic mass is 10.0. The maximum absolute atomic E-state index is 14.9. The first-order valence-corrected chi connectivity index (χ1v) is 8.54. The minimum absolute atomic E-state index is 0. The van der Waals surface area contributed by atoms with Gasteiger partial charge in [-0.05, 0) is 35.2 Å². The number of nitrogen functional groups attached to an aromatic ring is 1. The van der Waals surface area contributed by atoms with E-state index in [1.165, 1.54) is 35.6 Å². The van der Waals surface area contributed by atoms with Crippen LogP contribution in [0.3, 0.4) is 0 Å². The van der Waals surface area contributed by atoms with Crippen LogP contribution in [-0.2, 0) is 0 Å². The summed E-state index contributed by atoms with van der Waals surface area (Å²) in [5.74, 6) is -1.31. The van der Waals surface area contributed by atoms with Gasteiger partial charge in [0, 0.05) is 16.3 Å². The highest BCUT2D eigenvalue weighted by molar-refractivity contribution is 7.08. The number of fused-ring (bicyclic) bond motifs is 1. The number of hydrogen-bond acceptors (Lipinski definition) is 4. The Morgan fingerprint density at radius 3 is 2.70 bits per heavy atom. The van der Waals surface area contributed by atoms with Gasteiger partial charge >= 0.3 is 0 Å². The average Bonchev–Trinajstić information content (AvgIpc) is 3.28. The minimum atomic E-state index is -0.615. The van der Waals surface area contributed by atoms with Crippen molar-refractivity contribution in [2.45, 2.75) is 0 Å². The van der Waals surface area contributed by atoms with Gasteiger partial charge in [0.25, 0.3) is 5.91 Å². The van der Waals surface area contributed by atoms with Gasteiger partial charge in [-0.25, -0.2) is 8.78 Å². The number of nitrogens with one attached hydrogen (secondary N) is 2. The zero-order chi connectivity index (χ0) is 18.3. The third-order valence-corrected chi connectivity index (χ3v) is 4.69. The standard InChI is InChI=1S/C18H12F2N4OS.ClH/c19-13-7-9(1-4-14(13)21)11-2-3-12-16(15(11)20)23-24-17(12)22-18(25)10-5-6-26-8-10;/h1-8H,21H2,(H2,22,23,24,25);1H. The molecular formula is C18H13ClF2N4OS. The van der Waals surface area contributed by atoms with Crippen LogP contribution < -0.4 is 11.1 Å². The summed E-state index contributed by atoms with van der Waals surface area (Å²) in [5, 5.41) is 13.1. The molecule has 0 aliphatic heterocycles. The summed E-state index contributed by atoms with van der Waals surface area (Å²) in [7, 11) is 0. The number of hydrogen-bond donors (Lipinski definition) is 3. The van der Waals surface area contributed by atoms with E-state index < -0.39 is 11.6 Å². The number of anilines is 2. The van der Waals surface area contributed by atoms with Crippen LogP contribution in [0.4, 0.5) is 20.3 Å². The molecular weight excluding hydrogens is 394 g/mol. The molecule has 9 heteroatoms. The second kappa shape index (κ2) is 7.34. The fraction of sp³-hybridized carbons (Fsp3) is 0. The third kappa shape index (κ3) is 3.36. The molecule has 0 saturated heterocycles. The highest BCUT2D eigenvalue weighted by Gasteiger charge is 2.17. The number of thiophene rings is 1. The number of carbonyl (C=O) groups excluding carboxylic acids is 1. The van der Waals surface area contributed by atoms with Gasteiger partial charge in [-0.3, -0.25) is 9.89 Å². The molecule has 0 fully saturated rings. The number of nitrogens with zero attached hydrogens (tertiary/aromatic N) is 1. The molecule has 0 unspecified atom stereocenters. The van der Waals surface area contributed by atoms with E-state index in [0.717, 1.165) is 0 Å². The summed E-state index contributed by atoms with van der Waals surface area (Å²) in [6.07, 6.45) is 0. The van der Waals surface area contributed by atoms with Crippen LogP contribution in [0.2, 0.25) is 0 Å². The molecule has 0 saturated carbocycles. The zero-order valence-corrected chi connectivity index (χ0v) is 15.3. The molecule has 27 heavy (non-hydrogen) atoms. The second-order valence-electron chi connectivity index (χ2n) is 5.62. The van der Waals surface area contributed by atoms with E-state index in [4.69, 9.17) is 5.73 Å². The monoisotopic (exact) mass is 406 g/mol. The largest absolute Gasteiger partial charge is 0.396 e. The van der Waals surface area contributed by atoms with Crippen LogP contribution in [-0.4, -0.2) is 16.1 Å². The minimum Gasteiger partial charge on any atom is -0.396 e. The Labute approximate surface area is 162 Å². The molecule has 0 spiro atoms. The lowest BCUT2D eigenvalue weighted by molar-refractivity contribution is 0.102. The molecule has 1 amide bonds. The number of halogens is 3. The first-order valence-electron chi connectivity index (χ1n) is 7.60. The molecule has 5 nitrogen and oxygen atoms in total. The summed E-state index contributed by atoms with van der Waals surface area (Å²) in [5.41, 5.74) is 6.64. The second-order valence-corrected chi connectivity index (χ2v) is 6.40. The summed E-state index contributed by atoms with van der Waals surface area (Å²) in [6.45, 7) is 0. The normalized spacial score (nSPS) is 10.6. The smallest absolute Gasteiger partial charge is 0.257 e. The van der Waals surface area contributed by atoms with Gasteiger partial charge in [-0.2, -0.15) is 16.4 Å². The number of amides is 1. The van der Waals surface area contributed by atoms with Crippen LogP contribution in [0.15, 0.2) is 47.2 Å². The van der Waals surface area contributed by atoms with Gasteiger partial charge in [0.05, 0.1) is 11.3 Å². The van der Waals surface area contributed by atoms with E-state index in [-0.39, 0.29) is 40.9 Å². The summed E-state index contributed by atoms with van der Waals surface area (Å²) in [6, 6.07) is 8.91. The third-order valence-electron chi connectivity index (χ3n) is 4.00. The van der Waals surface area contributed by atoms with Crippen molar-refractivity contribution in [2.24, 2.45) is 0 Å². The number of H-pyrrole nitrogens is 1. The average molecular weight is 407 g/mol. The van der Waals surface area contributed by atoms with Crippen molar-refractivity contribution in [3.05, 3.63) is 64.4 Å². The number of benzene rings is 2. The number of carbonyl (C=O) groups is 1. The van der Waals surface area contributed by atoms with Crippen LogP contribution in [0.5, 0.6) is 0 Å². The van der Waals surface area contributed by atoms with E-state index in [2.05, 4.69) is 15.5 Å². The summed E-state index contributed by atoms with van der Waals surface area (Å²) < 4.78 is 28.6. The fourth-order valence-electron chi connectivity index (χ4n) is 2.64. The number of aromatic nitrogens is 2. The van der Waals surface area contributed by atoms with E-state index in [1.54, 1.807) is 22.9 Å². The predicted octanol–water partition coefficient (Wildman–Crippen LogP) is 4.83. The molecule has 0 atom stereocenters. The Hall–Kier alpha value is -2.97. The molecule has 0 aliphatic carbocycles. The van der Waals surface area contributed by atoms with Crippen molar-refractivity contribution in [1.29, 1.82) is 0 Å². The van der Waals surface area contributed by atoms with E-state index in [9.17, 15) is 13.6 Å². The highest BCUT2D eigenvalue weighted by atomic mass is 35.5. The Kier molecular flexibility index (Phi) is 5.11. The first kappa shape index (κ1) is 18.8.